The van der Waals surface area contributed by atoms with Gasteiger partial charge in [-0.15, -0.1) is 0 Å². The van der Waals surface area contributed by atoms with E-state index < -0.39 is 50.8 Å². The van der Waals surface area contributed by atoms with Crippen LogP contribution in [0.4, 0.5) is 17.1 Å². The van der Waals surface area contributed by atoms with Gasteiger partial charge < -0.3 is 25.1 Å². The van der Waals surface area contributed by atoms with Gasteiger partial charge in [-0.1, -0.05) is 49.2 Å². The average Bonchev–Trinajstić information content (AvgIpc) is 2.03. The minimum Gasteiger partial charge on any atom is -0.595 e. The topological polar surface area (TPSA) is 257 Å². The van der Waals surface area contributed by atoms with E-state index >= 15 is 0 Å². The lowest BCUT2D eigenvalue weighted by molar-refractivity contribution is -0.990. The maximum atomic E-state index is 14.2. The Labute approximate surface area is 510 Å². The molecule has 6 N–H and O–H groups in total. The van der Waals surface area contributed by atoms with Crippen molar-refractivity contribution in [2.75, 3.05) is 75.7 Å². The summed E-state index contributed by atoms with van der Waals surface area (Å²) in [6, 6.07) is 25.3. The predicted molar refractivity (Wildman–Crippen MR) is 328 cm³/mol. The van der Waals surface area contributed by atoms with E-state index in [9.17, 15) is 42.8 Å². The van der Waals surface area contributed by atoms with Crippen LogP contribution in [0.3, 0.4) is 0 Å². The van der Waals surface area contributed by atoms with Gasteiger partial charge in [0, 0.05) is 119 Å². The lowest BCUT2D eigenvalue weighted by atomic mass is 9.72. The molecule has 2 aliphatic carbocycles. The molecule has 0 bridgehead atoms. The number of aromatic amines is 1. The van der Waals surface area contributed by atoms with Gasteiger partial charge >= 0.3 is 0 Å². The van der Waals surface area contributed by atoms with Crippen LogP contribution in [0, 0.1) is 16.5 Å². The summed E-state index contributed by atoms with van der Waals surface area (Å²) in [4.78, 5) is 82.7. The molecule has 23 heteroatoms. The van der Waals surface area contributed by atoms with E-state index in [0.717, 1.165) is 123 Å². The van der Waals surface area contributed by atoms with Gasteiger partial charge in [0.1, 0.15) is 23.2 Å². The molecule has 4 aromatic carbocycles. The van der Waals surface area contributed by atoms with Crippen LogP contribution >= 0.6 is 11.6 Å². The summed E-state index contributed by atoms with van der Waals surface area (Å²) in [5.74, 6) is -2.33. The zero-order chi connectivity index (χ0) is 60.7. The molecular weight excluding hydrogens is 1150 g/mol. The Hall–Kier alpha value is -7.54. The summed E-state index contributed by atoms with van der Waals surface area (Å²) >= 11 is 6.28. The normalized spacial score (nSPS) is 21.9. The van der Waals surface area contributed by atoms with E-state index in [1.165, 1.54) is 35.0 Å². The summed E-state index contributed by atoms with van der Waals surface area (Å²) in [6.07, 6.45) is 10.4. The lowest BCUT2D eigenvalue weighted by Gasteiger charge is -2.42. The minimum absolute atomic E-state index is 0.0412. The summed E-state index contributed by atoms with van der Waals surface area (Å²) in [7, 11) is -4.60. The molecule has 21 nitrogen and oxygen atoms in total. The number of allylic oxidation sites excluding steroid dienone is 1. The van der Waals surface area contributed by atoms with Crippen molar-refractivity contribution in [1.82, 2.24) is 39.6 Å². The molecule has 87 heavy (non-hydrogen) atoms. The summed E-state index contributed by atoms with van der Waals surface area (Å²) < 4.78 is 36.7. The number of nitrogens with one attached hydrogen (secondary N) is 5. The maximum Gasteiger partial charge on any atom is 0.268 e. The predicted octanol–water partition coefficient (Wildman–Crippen LogP) is 7.51. The third-order valence-corrected chi connectivity index (χ3v) is 19.9. The van der Waals surface area contributed by atoms with Gasteiger partial charge in [0.15, 0.2) is 5.69 Å². The molecule has 6 heterocycles. The minimum atomic E-state index is -4.60. The lowest BCUT2D eigenvalue weighted by Crippen LogP contribution is -2.99. The van der Waals surface area contributed by atoms with E-state index in [4.69, 9.17) is 16.3 Å². The standard InChI is InChI=1S/C64H72ClN11O10S/c1-64(2)21-19-44(53(35-64)42-6-8-45(65)9-7-42)39-72-25-29-74(30-26-72)47-12-15-51(57(33-47)86-48-32-43-20-22-66-59(43)68-37-48)60(78)70-87(84,85)49-13-16-54(56(34-49)76(82)83)67-36-40-3-10-46(11-4-40)73-27-23-71(24-28-73)38-41-5-14-50-52(31-41)63(81)75(62(50)80)55-17-18-58(77)69-61(55)79/h5-9,12-16,20,22,31-34,37,40,46,55,67,76,82H,3-4,10-11,17-19,21,23-30,35-36,38-39H2,1-2H3,(H,66,68)(H,70,78)(H,69,77,79)/t40-,46-,55?. The first kappa shape index (κ1) is 59.8. The highest BCUT2D eigenvalue weighted by atomic mass is 35.5. The van der Waals surface area contributed by atoms with E-state index in [1.807, 2.05) is 24.3 Å². The molecule has 0 radical (unpaired) electrons. The molecule has 0 spiro atoms. The van der Waals surface area contributed by atoms with Crippen molar-refractivity contribution in [2.24, 2.45) is 11.3 Å². The van der Waals surface area contributed by atoms with Crippen molar-refractivity contribution < 1.29 is 47.6 Å². The maximum absolute atomic E-state index is 14.2. The highest BCUT2D eigenvalue weighted by Crippen LogP contribution is 2.44. The number of hydrogen-bond acceptors (Lipinski definition) is 16. The average molecular weight is 1220 g/mol. The first-order valence-corrected chi connectivity index (χ1v) is 31.9. The first-order chi connectivity index (χ1) is 41.8. The second-order valence-corrected chi connectivity index (χ2v) is 26.8. The number of halogens is 1. The van der Waals surface area contributed by atoms with Crippen LogP contribution in [0.25, 0.3) is 16.6 Å². The SMILES string of the molecule is CC1(C)CCC(CN2CCN(c3ccc(C(=O)NS(=O)(=O)c4ccc(NC[C@H]5CC[C@H](N6CCN(Cc7ccc8c(c7)C(=O)N(C7CCC(=O)NC7=O)C8=O)CC6)CC5)c([NH+]([O-])O)c4)c(Oc4cnc5[nH]ccc5c4)c3)CC2)=C(c2ccc(Cl)cc2)C1. The van der Waals surface area contributed by atoms with Crippen LogP contribution in [-0.4, -0.2) is 150 Å². The van der Waals surface area contributed by atoms with Crippen molar-refractivity contribution in [3.8, 4) is 11.5 Å². The van der Waals surface area contributed by atoms with Gasteiger partial charge in [-0.25, -0.2) is 23.3 Å². The molecule has 4 aliphatic heterocycles. The molecular formula is C64H72ClN11O10S. The van der Waals surface area contributed by atoms with Crippen LogP contribution in [0.15, 0.2) is 114 Å². The van der Waals surface area contributed by atoms with Crippen LogP contribution in [-0.2, 0) is 26.2 Å². The Bertz CT molecular complexity index is 3790. The zero-order valence-electron chi connectivity index (χ0n) is 48.8. The molecule has 2 unspecified atom stereocenters. The fraction of sp³-hybridized carbons (Fsp3) is 0.406. The number of amides is 5. The molecule has 12 rings (SSSR count). The number of H-pyrrole nitrogens is 1. The number of pyridine rings is 1. The highest BCUT2D eigenvalue weighted by molar-refractivity contribution is 7.90. The van der Waals surface area contributed by atoms with E-state index in [-0.39, 0.29) is 62.9 Å². The number of rotatable bonds is 17. The zero-order valence-corrected chi connectivity index (χ0v) is 50.4. The van der Waals surface area contributed by atoms with Gasteiger partial charge in [0.25, 0.3) is 27.7 Å². The largest absolute Gasteiger partial charge is 0.595 e. The molecule has 2 atom stereocenters. The Kier molecular flexibility index (Phi) is 17.1. The molecule has 6 aliphatic rings. The van der Waals surface area contributed by atoms with Crippen molar-refractivity contribution in [3.05, 3.63) is 147 Å². The second-order valence-electron chi connectivity index (χ2n) is 24.7. The van der Waals surface area contributed by atoms with Gasteiger partial charge in [0.2, 0.25) is 11.8 Å². The highest BCUT2D eigenvalue weighted by Gasteiger charge is 2.45. The van der Waals surface area contributed by atoms with Crippen LogP contribution in [0.2, 0.25) is 5.02 Å². The van der Waals surface area contributed by atoms with Crippen LogP contribution < -0.4 is 30.2 Å². The molecule has 2 aromatic heterocycles. The second kappa shape index (κ2) is 24.9. The Balaban J connectivity index is 0.647. The fourth-order valence-corrected chi connectivity index (χ4v) is 14.5. The summed E-state index contributed by atoms with van der Waals surface area (Å²) in [5.41, 5.74) is 7.16. The van der Waals surface area contributed by atoms with E-state index in [2.05, 4.69) is 70.9 Å². The number of benzene rings is 4. The van der Waals surface area contributed by atoms with Crippen molar-refractivity contribution in [2.45, 2.75) is 95.2 Å². The number of fused-ring (bicyclic) bond motifs is 2. The quantitative estimate of drug-likeness (QED) is 0.0382. The van der Waals surface area contributed by atoms with E-state index in [0.29, 0.717) is 43.6 Å². The van der Waals surface area contributed by atoms with Crippen molar-refractivity contribution in [3.63, 3.8) is 0 Å². The van der Waals surface area contributed by atoms with Gasteiger partial charge in [-0.2, -0.15) is 5.23 Å². The fourth-order valence-electron chi connectivity index (χ4n) is 13.4. The number of piperazine rings is 2. The monoisotopic (exact) mass is 1220 g/mol. The molecule has 6 aromatic rings. The molecule has 456 valence electrons. The van der Waals surface area contributed by atoms with Gasteiger partial charge in [-0.3, -0.25) is 48.9 Å². The number of piperidine rings is 1. The first-order valence-electron chi connectivity index (χ1n) is 30.0. The number of anilines is 2. The summed E-state index contributed by atoms with van der Waals surface area (Å²) in [6.45, 7) is 13.0. The Morgan fingerprint density at radius 1 is 0.828 bits per heavy atom. The number of ether oxygens (including phenoxy) is 1. The van der Waals surface area contributed by atoms with Gasteiger partial charge in [0.05, 0.1) is 33.5 Å². The molecule has 4 fully saturated rings. The number of quaternary nitrogens is 1. The van der Waals surface area contributed by atoms with Crippen LogP contribution in [0.1, 0.15) is 114 Å². The van der Waals surface area contributed by atoms with Crippen molar-refractivity contribution >= 4 is 84.8 Å². The van der Waals surface area contributed by atoms with Crippen molar-refractivity contribution in [1.29, 1.82) is 0 Å². The van der Waals surface area contributed by atoms with Gasteiger partial charge in [-0.05, 0) is 140 Å². The smallest absolute Gasteiger partial charge is 0.268 e. The Morgan fingerprint density at radius 2 is 1.56 bits per heavy atom. The third kappa shape index (κ3) is 13.2. The number of imide groups is 2. The number of hydrogen-bond donors (Lipinski definition) is 6. The third-order valence-electron chi connectivity index (χ3n) is 18.3. The number of carbonyl (C=O) groups excluding carboxylic acids is 5. The number of aromatic nitrogens is 2. The molecule has 3 saturated heterocycles. The number of nitrogens with zero attached hydrogens (tertiary/aromatic N) is 6. The number of carbonyl (C=O) groups is 5. The Morgan fingerprint density at radius 3 is 2.31 bits per heavy atom. The van der Waals surface area contributed by atoms with E-state index in [1.54, 1.807) is 42.6 Å². The number of sulfonamides is 1. The van der Waals surface area contributed by atoms with Crippen LogP contribution in [0.5, 0.6) is 11.5 Å². The summed E-state index contributed by atoms with van der Waals surface area (Å²) in [5, 5.41) is 28.8. The molecule has 1 saturated carbocycles. The molecule has 5 amide bonds.